The molecule has 44 heavy (non-hydrogen) atoms. The summed E-state index contributed by atoms with van der Waals surface area (Å²) in [5, 5.41) is 14.1. The van der Waals surface area contributed by atoms with Gasteiger partial charge in [-0.25, -0.2) is 9.48 Å². The van der Waals surface area contributed by atoms with Crippen LogP contribution in [0, 0.1) is 11.8 Å². The Morgan fingerprint density at radius 2 is 1.77 bits per heavy atom. The van der Waals surface area contributed by atoms with Gasteiger partial charge in [-0.15, -0.1) is 0 Å². The summed E-state index contributed by atoms with van der Waals surface area (Å²) >= 11 is 5.91. The number of carbonyl (C=O) groups is 3. The van der Waals surface area contributed by atoms with Crippen LogP contribution in [0.15, 0.2) is 47.3 Å². The fourth-order valence-electron chi connectivity index (χ4n) is 5.24. The molecular weight excluding hydrogens is 588 g/mol. The molecule has 0 aliphatic heterocycles. The van der Waals surface area contributed by atoms with E-state index >= 15 is 0 Å². The van der Waals surface area contributed by atoms with Crippen molar-refractivity contribution in [2.75, 3.05) is 26.9 Å². The third kappa shape index (κ3) is 9.37. The monoisotopic (exact) mass is 628 g/mol. The molecule has 0 amide bonds. The number of aromatic carboxylic acids is 1. The zero-order valence-electron chi connectivity index (χ0n) is 25.6. The van der Waals surface area contributed by atoms with Crippen molar-refractivity contribution in [3.8, 4) is 11.4 Å². The zero-order chi connectivity index (χ0) is 32.1. The molecule has 0 radical (unpaired) electrons. The van der Waals surface area contributed by atoms with Crippen LogP contribution < -0.4 is 10.2 Å². The minimum atomic E-state index is -1.41. The van der Waals surface area contributed by atoms with Crippen LogP contribution in [0.3, 0.4) is 0 Å². The summed E-state index contributed by atoms with van der Waals surface area (Å²) in [7, 11) is 1.53. The van der Waals surface area contributed by atoms with Crippen LogP contribution >= 0.6 is 11.6 Å². The lowest BCUT2D eigenvalue weighted by molar-refractivity contribution is -0.145. The average Bonchev–Trinajstić information content (AvgIpc) is 3.35. The number of methoxy groups -OCH3 is 1. The maximum absolute atomic E-state index is 12.7. The van der Waals surface area contributed by atoms with Crippen molar-refractivity contribution in [2.24, 2.45) is 11.8 Å². The Labute approximate surface area is 262 Å². The van der Waals surface area contributed by atoms with Gasteiger partial charge in [-0.1, -0.05) is 50.8 Å². The maximum Gasteiger partial charge on any atom is 0.360 e. The third-order valence-corrected chi connectivity index (χ3v) is 7.70. The number of hydrogen-bond donors (Lipinski definition) is 1. The number of halogens is 1. The Bertz CT molecular complexity index is 1470. The summed E-state index contributed by atoms with van der Waals surface area (Å²) in [5.74, 6) is -0.552. The molecule has 4 rings (SSSR count). The summed E-state index contributed by atoms with van der Waals surface area (Å²) in [6.07, 6.45) is 7.23. The van der Waals surface area contributed by atoms with Crippen LogP contribution in [0.5, 0.6) is 5.75 Å². The van der Waals surface area contributed by atoms with Gasteiger partial charge >= 0.3 is 11.9 Å². The molecule has 10 nitrogen and oxygen atoms in total. The molecule has 238 valence electrons. The highest BCUT2D eigenvalue weighted by molar-refractivity contribution is 6.30. The molecular formula is C33H41ClN2O8. The van der Waals surface area contributed by atoms with Crippen molar-refractivity contribution in [3.63, 3.8) is 0 Å². The van der Waals surface area contributed by atoms with Crippen LogP contribution in [0.2, 0.25) is 5.02 Å². The summed E-state index contributed by atoms with van der Waals surface area (Å²) in [6, 6.07) is 11.7. The number of carboxylic acid groups (broad SMARTS) is 1. The molecule has 3 aromatic rings. The first-order chi connectivity index (χ1) is 21.2. The second-order valence-electron chi connectivity index (χ2n) is 10.7. The lowest BCUT2D eigenvalue weighted by Crippen LogP contribution is -2.23. The number of ketones is 1. The van der Waals surface area contributed by atoms with Gasteiger partial charge in [-0.3, -0.25) is 14.4 Å². The Morgan fingerprint density at radius 3 is 2.43 bits per heavy atom. The SMILES string of the molecule is CCCCC[C@H]1C(=O)CC[C@@H]1CC(=O)OCCC.COCCOc1cccc2c1c(=O)c(C(=O)O)nn2-c1ccc(Cl)cc1. The van der Waals surface area contributed by atoms with E-state index in [1.54, 1.807) is 42.5 Å². The first-order valence-corrected chi connectivity index (χ1v) is 15.4. The Balaban J connectivity index is 0.000000259. The van der Waals surface area contributed by atoms with Crippen LogP contribution in [0.25, 0.3) is 16.6 Å². The highest BCUT2D eigenvalue weighted by atomic mass is 35.5. The normalized spacial score (nSPS) is 16.0. The molecule has 11 heteroatoms. The quantitative estimate of drug-likeness (QED) is 0.162. The minimum Gasteiger partial charge on any atom is -0.490 e. The zero-order valence-corrected chi connectivity index (χ0v) is 26.3. The van der Waals surface area contributed by atoms with Gasteiger partial charge in [-0.05, 0) is 61.6 Å². The molecule has 2 atom stereocenters. The molecule has 2 aromatic carbocycles. The molecule has 1 N–H and O–H groups in total. The fourth-order valence-corrected chi connectivity index (χ4v) is 5.36. The maximum atomic E-state index is 12.7. The molecule has 1 aliphatic carbocycles. The number of carboxylic acids is 1. The second kappa shape index (κ2) is 17.5. The van der Waals surface area contributed by atoms with Gasteiger partial charge in [0, 0.05) is 30.9 Å². The van der Waals surface area contributed by atoms with Gasteiger partial charge in [0.05, 0.1) is 29.8 Å². The molecule has 0 bridgehead atoms. The number of Topliss-reactive ketones (excluding diaryl/α,β-unsaturated/α-hetero) is 1. The van der Waals surface area contributed by atoms with E-state index < -0.39 is 17.1 Å². The molecule has 1 aromatic heterocycles. The number of carbonyl (C=O) groups excluding carboxylic acids is 2. The molecule has 1 fully saturated rings. The lowest BCUT2D eigenvalue weighted by Gasteiger charge is -2.17. The van der Waals surface area contributed by atoms with E-state index in [2.05, 4.69) is 12.0 Å². The smallest absolute Gasteiger partial charge is 0.360 e. The molecule has 1 heterocycles. The number of aromatic nitrogens is 2. The van der Waals surface area contributed by atoms with Crippen molar-refractivity contribution in [2.45, 2.75) is 65.2 Å². The van der Waals surface area contributed by atoms with E-state index in [9.17, 15) is 24.3 Å². The predicted octanol–water partition coefficient (Wildman–Crippen LogP) is 6.27. The number of unbranched alkanes of at least 4 members (excludes halogenated alkanes) is 2. The standard InChI is InChI=1S/C18H15ClN2O5.C15H26O3/c1-25-9-10-26-14-4-2-3-13-15(14)17(22)16(18(23)24)20-21(13)12-7-5-11(19)6-8-12;1-3-5-6-7-13-12(8-9-14(13)16)11-15(17)18-10-4-2/h2-8H,9-10H2,1H3,(H,23,24);12-13H,3-11H2,1-2H3/t;12-,13-/m.1/s1. The number of esters is 1. The van der Waals surface area contributed by atoms with Crippen LogP contribution in [-0.4, -0.2) is 59.5 Å². The summed E-state index contributed by atoms with van der Waals surface area (Å²) in [5.41, 5.74) is -0.297. The number of nitrogens with zero attached hydrogens (tertiary/aromatic N) is 2. The number of benzene rings is 2. The van der Waals surface area contributed by atoms with Crippen LogP contribution in [-0.2, 0) is 19.1 Å². The topological polar surface area (TPSA) is 134 Å². The van der Waals surface area contributed by atoms with E-state index in [1.165, 1.54) is 24.6 Å². The first-order valence-electron chi connectivity index (χ1n) is 15.1. The van der Waals surface area contributed by atoms with E-state index in [1.807, 2.05) is 6.92 Å². The first kappa shape index (κ1) is 34.7. The Kier molecular flexibility index (Phi) is 13.8. The third-order valence-electron chi connectivity index (χ3n) is 7.45. The van der Waals surface area contributed by atoms with Crippen molar-refractivity contribution in [1.82, 2.24) is 9.78 Å². The van der Waals surface area contributed by atoms with E-state index in [4.69, 9.17) is 25.8 Å². The van der Waals surface area contributed by atoms with E-state index in [0.29, 0.717) is 48.1 Å². The largest absolute Gasteiger partial charge is 0.490 e. The summed E-state index contributed by atoms with van der Waals surface area (Å²) in [4.78, 5) is 47.6. The highest BCUT2D eigenvalue weighted by Gasteiger charge is 2.35. The fraction of sp³-hybridized carbons (Fsp3) is 0.485. The van der Waals surface area contributed by atoms with Gasteiger partial charge in [0.25, 0.3) is 0 Å². The average molecular weight is 629 g/mol. The van der Waals surface area contributed by atoms with Crippen LogP contribution in [0.4, 0.5) is 0 Å². The molecule has 0 spiro atoms. The van der Waals surface area contributed by atoms with Gasteiger partial charge in [0.2, 0.25) is 11.1 Å². The predicted molar refractivity (Wildman–Crippen MR) is 168 cm³/mol. The van der Waals surface area contributed by atoms with Crippen LogP contribution in [0.1, 0.15) is 75.7 Å². The Morgan fingerprint density at radius 1 is 1.02 bits per heavy atom. The lowest BCUT2D eigenvalue weighted by atomic mass is 9.88. The Hall–Kier alpha value is -3.76. The van der Waals surface area contributed by atoms with E-state index in [-0.39, 0.29) is 35.5 Å². The highest BCUT2D eigenvalue weighted by Crippen LogP contribution is 2.35. The van der Waals surface area contributed by atoms with Gasteiger partial charge in [0.1, 0.15) is 18.1 Å². The van der Waals surface area contributed by atoms with Gasteiger partial charge in [0.15, 0.2) is 0 Å². The summed E-state index contributed by atoms with van der Waals surface area (Å²) < 4.78 is 17.1. The van der Waals surface area contributed by atoms with Gasteiger partial charge < -0.3 is 19.3 Å². The van der Waals surface area contributed by atoms with Crippen molar-refractivity contribution < 1.29 is 33.7 Å². The number of ether oxygens (including phenoxy) is 3. The molecule has 1 aliphatic rings. The number of rotatable bonds is 14. The van der Waals surface area contributed by atoms with Gasteiger partial charge in [-0.2, -0.15) is 5.10 Å². The molecule has 0 saturated heterocycles. The van der Waals surface area contributed by atoms with E-state index in [0.717, 1.165) is 25.7 Å². The molecule has 0 unspecified atom stereocenters. The van der Waals surface area contributed by atoms with Crippen molar-refractivity contribution in [3.05, 3.63) is 63.4 Å². The van der Waals surface area contributed by atoms with Crippen molar-refractivity contribution in [1.29, 1.82) is 0 Å². The number of fused-ring (bicyclic) bond motifs is 1. The minimum absolute atomic E-state index is 0.116. The van der Waals surface area contributed by atoms with Crippen molar-refractivity contribution >= 4 is 40.2 Å². The second-order valence-corrected chi connectivity index (χ2v) is 11.1. The molecule has 1 saturated carbocycles. The number of hydrogen-bond acceptors (Lipinski definition) is 8. The summed E-state index contributed by atoms with van der Waals surface area (Å²) in [6.45, 7) is 5.20.